The number of ether oxygens (including phenoxy) is 1. The van der Waals surface area contributed by atoms with Gasteiger partial charge in [-0.05, 0) is 31.0 Å². The lowest BCUT2D eigenvalue weighted by Gasteiger charge is -2.35. The number of hydrogen-bond donors (Lipinski definition) is 1. The van der Waals surface area contributed by atoms with E-state index >= 15 is 0 Å². The fourth-order valence-electron chi connectivity index (χ4n) is 2.05. The summed E-state index contributed by atoms with van der Waals surface area (Å²) in [5.74, 6) is 0.184. The zero-order valence-corrected chi connectivity index (χ0v) is 13.6. The molecule has 1 fully saturated rings. The molecule has 0 amide bonds. The van der Waals surface area contributed by atoms with E-state index in [0.717, 1.165) is 0 Å². The number of benzene rings is 1. The number of nitrogens with one attached hydrogen (secondary N) is 1. The van der Waals surface area contributed by atoms with E-state index in [-0.39, 0.29) is 20.8 Å². The van der Waals surface area contributed by atoms with Gasteiger partial charge in [-0.2, -0.15) is 0 Å². The number of hydrogen-bond acceptors (Lipinski definition) is 3. The molecule has 1 aromatic carbocycles. The van der Waals surface area contributed by atoms with Crippen molar-refractivity contribution in [2.24, 2.45) is 0 Å². The highest BCUT2D eigenvalue weighted by Gasteiger charge is 2.36. The first-order valence-corrected chi connectivity index (χ1v) is 8.78. The summed E-state index contributed by atoms with van der Waals surface area (Å²) in [6, 6.07) is 4.20. The van der Waals surface area contributed by atoms with Crippen LogP contribution in [0.1, 0.15) is 12.8 Å². The zero-order valence-electron chi connectivity index (χ0n) is 10.5. The maximum atomic E-state index is 12.4. The Kier molecular flexibility index (Phi) is 5.21. The number of sulfonamides is 1. The highest BCUT2D eigenvalue weighted by atomic mass is 35.5. The quantitative estimate of drug-likeness (QED) is 0.842. The van der Waals surface area contributed by atoms with E-state index in [1.807, 2.05) is 0 Å². The van der Waals surface area contributed by atoms with Crippen molar-refractivity contribution in [3.63, 3.8) is 0 Å². The van der Waals surface area contributed by atoms with Crippen LogP contribution in [0.15, 0.2) is 23.1 Å². The Balaban J connectivity index is 2.30. The predicted molar refractivity (Wildman–Crippen MR) is 80.3 cm³/mol. The number of alkyl halides is 1. The third-order valence-corrected chi connectivity index (χ3v) is 5.71. The van der Waals surface area contributed by atoms with Gasteiger partial charge in [0.2, 0.25) is 10.0 Å². The van der Waals surface area contributed by atoms with Gasteiger partial charge in [0.25, 0.3) is 0 Å². The van der Waals surface area contributed by atoms with Gasteiger partial charge >= 0.3 is 0 Å². The Morgan fingerprint density at radius 3 is 2.20 bits per heavy atom. The molecule has 1 aromatic rings. The van der Waals surface area contributed by atoms with Gasteiger partial charge in [0.15, 0.2) is 0 Å². The van der Waals surface area contributed by atoms with Gasteiger partial charge in [-0.15, -0.1) is 11.6 Å². The van der Waals surface area contributed by atoms with E-state index in [2.05, 4.69) is 4.72 Å². The smallest absolute Gasteiger partial charge is 0.241 e. The van der Waals surface area contributed by atoms with Crippen molar-refractivity contribution in [3.8, 4) is 0 Å². The highest BCUT2D eigenvalue weighted by Crippen LogP contribution is 2.27. The molecule has 0 bridgehead atoms. The largest absolute Gasteiger partial charge is 0.381 e. The summed E-state index contributed by atoms with van der Waals surface area (Å²) >= 11 is 17.6. The molecule has 0 aliphatic carbocycles. The summed E-state index contributed by atoms with van der Waals surface area (Å²) < 4.78 is 32.8. The third-order valence-electron chi connectivity index (χ3n) is 3.20. The fourth-order valence-corrected chi connectivity index (χ4v) is 4.65. The SMILES string of the molecule is O=S(=O)(NC1(CCl)CCOCC1)c1cc(Cl)cc(Cl)c1. The van der Waals surface area contributed by atoms with Crippen LogP contribution in [0, 0.1) is 0 Å². The second-order valence-electron chi connectivity index (χ2n) is 4.74. The van der Waals surface area contributed by atoms with Crippen molar-refractivity contribution in [3.05, 3.63) is 28.2 Å². The normalized spacial score (nSPS) is 18.9. The summed E-state index contributed by atoms with van der Waals surface area (Å²) in [5, 5.41) is 0.537. The molecule has 0 saturated carbocycles. The minimum Gasteiger partial charge on any atom is -0.381 e. The van der Waals surface area contributed by atoms with E-state index in [0.29, 0.717) is 26.1 Å². The summed E-state index contributed by atoms with van der Waals surface area (Å²) in [7, 11) is -3.73. The number of rotatable bonds is 4. The van der Waals surface area contributed by atoms with E-state index in [4.69, 9.17) is 39.5 Å². The van der Waals surface area contributed by atoms with Gasteiger partial charge in [0.1, 0.15) is 0 Å². The lowest BCUT2D eigenvalue weighted by Crippen LogP contribution is -2.53. The molecule has 20 heavy (non-hydrogen) atoms. The molecular formula is C12H14Cl3NO3S. The van der Waals surface area contributed by atoms with Gasteiger partial charge < -0.3 is 4.74 Å². The van der Waals surface area contributed by atoms with Crippen molar-refractivity contribution in [1.82, 2.24) is 4.72 Å². The van der Waals surface area contributed by atoms with Crippen LogP contribution in [0.5, 0.6) is 0 Å². The average Bonchev–Trinajstić information content (AvgIpc) is 2.38. The molecule has 112 valence electrons. The van der Waals surface area contributed by atoms with E-state index < -0.39 is 15.6 Å². The van der Waals surface area contributed by atoms with Crippen LogP contribution >= 0.6 is 34.8 Å². The van der Waals surface area contributed by atoms with Crippen LogP contribution in [0.4, 0.5) is 0 Å². The predicted octanol–water partition coefficient (Wildman–Crippen LogP) is 3.06. The summed E-state index contributed by atoms with van der Waals surface area (Å²) in [4.78, 5) is 0.0333. The third kappa shape index (κ3) is 3.78. The molecule has 1 aliphatic rings. The zero-order chi connectivity index (χ0) is 14.8. The molecule has 0 atom stereocenters. The molecule has 0 unspecified atom stereocenters. The minimum atomic E-state index is -3.73. The second-order valence-corrected chi connectivity index (χ2v) is 7.56. The van der Waals surface area contributed by atoms with Crippen molar-refractivity contribution in [2.75, 3.05) is 19.1 Å². The molecule has 0 radical (unpaired) electrons. The molecule has 1 saturated heterocycles. The maximum Gasteiger partial charge on any atom is 0.241 e. The van der Waals surface area contributed by atoms with Crippen LogP contribution in [-0.2, 0) is 14.8 Å². The van der Waals surface area contributed by atoms with Crippen molar-refractivity contribution < 1.29 is 13.2 Å². The standard InChI is InChI=1S/C12H14Cl3NO3S/c13-8-12(1-3-19-4-2-12)16-20(17,18)11-6-9(14)5-10(15)7-11/h5-7,16H,1-4,8H2. The van der Waals surface area contributed by atoms with Crippen molar-refractivity contribution >= 4 is 44.8 Å². The minimum absolute atomic E-state index is 0.0333. The highest BCUT2D eigenvalue weighted by molar-refractivity contribution is 7.89. The van der Waals surface area contributed by atoms with Crippen LogP contribution in [0.2, 0.25) is 10.0 Å². The topological polar surface area (TPSA) is 55.4 Å². The van der Waals surface area contributed by atoms with Crippen molar-refractivity contribution in [1.29, 1.82) is 0 Å². The monoisotopic (exact) mass is 357 g/mol. The lowest BCUT2D eigenvalue weighted by molar-refractivity contribution is 0.0549. The van der Waals surface area contributed by atoms with Crippen LogP contribution in [0.25, 0.3) is 0 Å². The van der Waals surface area contributed by atoms with Gasteiger partial charge in [0.05, 0.1) is 10.4 Å². The fraction of sp³-hybridized carbons (Fsp3) is 0.500. The van der Waals surface area contributed by atoms with Gasteiger partial charge in [-0.25, -0.2) is 13.1 Å². The number of halogens is 3. The molecule has 1 heterocycles. The molecule has 2 rings (SSSR count). The summed E-state index contributed by atoms with van der Waals surface area (Å²) in [6.07, 6.45) is 1.06. The van der Waals surface area contributed by atoms with Crippen LogP contribution in [0.3, 0.4) is 0 Å². The van der Waals surface area contributed by atoms with Crippen LogP contribution < -0.4 is 4.72 Å². The molecule has 1 N–H and O–H groups in total. The van der Waals surface area contributed by atoms with E-state index in [9.17, 15) is 8.42 Å². The Bertz CT molecular complexity index is 565. The first-order valence-electron chi connectivity index (χ1n) is 6.01. The lowest BCUT2D eigenvalue weighted by atomic mass is 9.94. The van der Waals surface area contributed by atoms with Crippen LogP contribution in [-0.4, -0.2) is 33.1 Å². The molecular weight excluding hydrogens is 345 g/mol. The summed E-state index contributed by atoms with van der Waals surface area (Å²) in [5.41, 5.74) is -0.687. The van der Waals surface area contributed by atoms with Crippen molar-refractivity contribution in [2.45, 2.75) is 23.3 Å². The summed E-state index contributed by atoms with van der Waals surface area (Å²) in [6.45, 7) is 0.955. The Morgan fingerprint density at radius 2 is 1.70 bits per heavy atom. The Labute approximate surface area is 133 Å². The maximum absolute atomic E-state index is 12.4. The molecule has 0 aromatic heterocycles. The van der Waals surface area contributed by atoms with Gasteiger partial charge in [-0.1, -0.05) is 23.2 Å². The van der Waals surface area contributed by atoms with E-state index in [1.165, 1.54) is 18.2 Å². The van der Waals surface area contributed by atoms with E-state index in [1.54, 1.807) is 0 Å². The molecule has 1 aliphatic heterocycles. The van der Waals surface area contributed by atoms with Gasteiger partial charge in [0, 0.05) is 29.1 Å². The Hall–Kier alpha value is -0.0400. The molecule has 4 nitrogen and oxygen atoms in total. The average molecular weight is 359 g/mol. The molecule has 0 spiro atoms. The first-order chi connectivity index (χ1) is 9.37. The first kappa shape index (κ1) is 16.3. The van der Waals surface area contributed by atoms with Gasteiger partial charge in [-0.3, -0.25) is 0 Å². The second kappa shape index (κ2) is 6.38. The Morgan fingerprint density at radius 1 is 1.15 bits per heavy atom. The molecule has 8 heteroatoms.